The van der Waals surface area contributed by atoms with Gasteiger partial charge in [0, 0.05) is 19.1 Å². The molecule has 0 aromatic heterocycles. The van der Waals surface area contributed by atoms with Gasteiger partial charge in [-0.3, -0.25) is 0 Å². The van der Waals surface area contributed by atoms with E-state index in [1.54, 1.807) is 6.92 Å². The first-order chi connectivity index (χ1) is 9.06. The Hall–Kier alpha value is -0.130. The van der Waals surface area contributed by atoms with Crippen molar-refractivity contribution in [3.63, 3.8) is 0 Å². The molecule has 5 heteroatoms. The monoisotopic (exact) mass is 290 g/mol. The number of hydrogen-bond donors (Lipinski definition) is 2. The molecule has 0 amide bonds. The third-order valence-electron chi connectivity index (χ3n) is 3.63. The van der Waals surface area contributed by atoms with Crippen molar-refractivity contribution in [3.8, 4) is 0 Å². The molecule has 0 aliphatic heterocycles. The van der Waals surface area contributed by atoms with Gasteiger partial charge in [0.15, 0.2) is 0 Å². The van der Waals surface area contributed by atoms with E-state index in [1.165, 1.54) is 38.5 Å². The molecule has 1 atom stereocenters. The second kappa shape index (κ2) is 8.93. The summed E-state index contributed by atoms with van der Waals surface area (Å²) in [4.78, 5) is 0. The van der Waals surface area contributed by atoms with Gasteiger partial charge in [0.05, 0.1) is 5.25 Å². The van der Waals surface area contributed by atoms with Crippen LogP contribution in [-0.2, 0) is 10.0 Å². The zero-order valence-electron chi connectivity index (χ0n) is 12.5. The Bertz CT molecular complexity index is 326. The minimum absolute atomic E-state index is 0.340. The average Bonchev–Trinajstić information content (AvgIpc) is 3.18. The van der Waals surface area contributed by atoms with E-state index in [-0.39, 0.29) is 5.25 Å². The van der Waals surface area contributed by atoms with Gasteiger partial charge in [-0.25, -0.2) is 13.1 Å². The number of sulfonamides is 1. The maximum atomic E-state index is 11.9. The molecule has 1 aliphatic rings. The van der Waals surface area contributed by atoms with Gasteiger partial charge in [-0.1, -0.05) is 39.0 Å². The van der Waals surface area contributed by atoms with Crippen LogP contribution in [0.25, 0.3) is 0 Å². The smallest absolute Gasteiger partial charge is 0.215 e. The van der Waals surface area contributed by atoms with Crippen molar-refractivity contribution in [2.45, 2.75) is 76.5 Å². The maximum absolute atomic E-state index is 11.9. The molecule has 0 spiro atoms. The molecule has 114 valence electrons. The summed E-state index contributed by atoms with van der Waals surface area (Å²) in [6.07, 6.45) is 9.48. The first-order valence-electron chi connectivity index (χ1n) is 7.78. The van der Waals surface area contributed by atoms with Crippen molar-refractivity contribution in [2.24, 2.45) is 0 Å². The Kier molecular flexibility index (Phi) is 7.95. The number of nitrogens with one attached hydrogen (secondary N) is 2. The van der Waals surface area contributed by atoms with Gasteiger partial charge in [0.2, 0.25) is 10.0 Å². The number of rotatable bonds is 12. The molecule has 0 saturated heterocycles. The molecule has 0 heterocycles. The van der Waals surface area contributed by atoms with Crippen molar-refractivity contribution >= 4 is 10.0 Å². The summed E-state index contributed by atoms with van der Waals surface area (Å²) in [5.41, 5.74) is 0. The van der Waals surface area contributed by atoms with Crippen LogP contribution in [0, 0.1) is 0 Å². The zero-order valence-corrected chi connectivity index (χ0v) is 13.3. The van der Waals surface area contributed by atoms with Crippen LogP contribution in [-0.4, -0.2) is 32.8 Å². The highest BCUT2D eigenvalue weighted by Crippen LogP contribution is 2.18. The molecule has 0 bridgehead atoms. The Morgan fingerprint density at radius 3 is 2.37 bits per heavy atom. The standard InChI is InChI=1S/C14H30N2O2S/c1-3-4-5-6-7-8-11-16-19(17,18)13(2)12-15-14-9-10-14/h13-16H,3-12H2,1-2H3. The summed E-state index contributed by atoms with van der Waals surface area (Å²) in [6.45, 7) is 5.13. The van der Waals surface area contributed by atoms with Crippen molar-refractivity contribution in [2.75, 3.05) is 13.1 Å². The lowest BCUT2D eigenvalue weighted by molar-refractivity contribution is 0.548. The van der Waals surface area contributed by atoms with Gasteiger partial charge in [-0.15, -0.1) is 0 Å². The molecule has 1 aliphatic carbocycles. The van der Waals surface area contributed by atoms with Crippen LogP contribution in [0.4, 0.5) is 0 Å². The molecule has 1 unspecified atom stereocenters. The molecule has 2 N–H and O–H groups in total. The van der Waals surface area contributed by atoms with Crippen LogP contribution in [0.5, 0.6) is 0 Å². The third-order valence-corrected chi connectivity index (χ3v) is 5.47. The Balaban J connectivity index is 2.04. The molecule has 4 nitrogen and oxygen atoms in total. The van der Waals surface area contributed by atoms with Crippen LogP contribution >= 0.6 is 0 Å². The minimum Gasteiger partial charge on any atom is -0.313 e. The van der Waals surface area contributed by atoms with Gasteiger partial charge in [-0.05, 0) is 26.2 Å². The van der Waals surface area contributed by atoms with E-state index < -0.39 is 10.0 Å². The van der Waals surface area contributed by atoms with E-state index in [9.17, 15) is 8.42 Å². The van der Waals surface area contributed by atoms with Crippen LogP contribution in [0.15, 0.2) is 0 Å². The molecule has 1 rings (SSSR count). The fourth-order valence-electron chi connectivity index (χ4n) is 1.99. The molecule has 0 aromatic rings. The molecule has 1 saturated carbocycles. The van der Waals surface area contributed by atoms with Crippen molar-refractivity contribution in [1.29, 1.82) is 0 Å². The van der Waals surface area contributed by atoms with Gasteiger partial charge < -0.3 is 5.32 Å². The molecule has 0 aromatic carbocycles. The first-order valence-corrected chi connectivity index (χ1v) is 9.32. The normalized spacial score (nSPS) is 17.6. The summed E-state index contributed by atoms with van der Waals surface area (Å²) in [7, 11) is -3.14. The van der Waals surface area contributed by atoms with Gasteiger partial charge >= 0.3 is 0 Å². The van der Waals surface area contributed by atoms with Crippen molar-refractivity contribution < 1.29 is 8.42 Å². The number of hydrogen-bond acceptors (Lipinski definition) is 3. The predicted octanol–water partition coefficient (Wildman–Crippen LogP) is 2.41. The SMILES string of the molecule is CCCCCCCCNS(=O)(=O)C(C)CNC1CC1. The fourth-order valence-corrected chi connectivity index (χ4v) is 3.02. The van der Waals surface area contributed by atoms with E-state index in [1.807, 2.05) is 0 Å². The topological polar surface area (TPSA) is 58.2 Å². The van der Waals surface area contributed by atoms with Crippen LogP contribution in [0.1, 0.15) is 65.2 Å². The molecule has 19 heavy (non-hydrogen) atoms. The van der Waals surface area contributed by atoms with Gasteiger partial charge in [0.1, 0.15) is 0 Å². The summed E-state index contributed by atoms with van der Waals surface area (Å²) < 4.78 is 26.6. The average molecular weight is 290 g/mol. The van der Waals surface area contributed by atoms with Crippen molar-refractivity contribution in [3.05, 3.63) is 0 Å². The summed E-state index contributed by atoms with van der Waals surface area (Å²) >= 11 is 0. The van der Waals surface area contributed by atoms with Crippen LogP contribution in [0.2, 0.25) is 0 Å². The van der Waals surface area contributed by atoms with Gasteiger partial charge in [-0.2, -0.15) is 0 Å². The predicted molar refractivity (Wildman–Crippen MR) is 80.8 cm³/mol. The van der Waals surface area contributed by atoms with Gasteiger partial charge in [0.25, 0.3) is 0 Å². The molecular formula is C14H30N2O2S. The highest BCUT2D eigenvalue weighted by Gasteiger charge is 2.25. The Morgan fingerprint density at radius 2 is 1.74 bits per heavy atom. The Labute approximate surface area is 118 Å². The summed E-state index contributed by atoms with van der Waals surface area (Å²) in [6, 6.07) is 0.566. The third kappa shape index (κ3) is 7.90. The lowest BCUT2D eigenvalue weighted by Crippen LogP contribution is -2.39. The minimum atomic E-state index is -3.14. The first kappa shape index (κ1) is 16.9. The van der Waals surface area contributed by atoms with E-state index in [0.717, 1.165) is 12.8 Å². The highest BCUT2D eigenvalue weighted by atomic mass is 32.2. The number of unbranched alkanes of at least 4 members (excludes halogenated alkanes) is 5. The second-order valence-electron chi connectivity index (χ2n) is 5.70. The maximum Gasteiger partial charge on any atom is 0.215 e. The Morgan fingerprint density at radius 1 is 1.11 bits per heavy atom. The van der Waals surface area contributed by atoms with E-state index >= 15 is 0 Å². The quantitative estimate of drug-likeness (QED) is 0.543. The lowest BCUT2D eigenvalue weighted by atomic mass is 10.1. The summed E-state index contributed by atoms with van der Waals surface area (Å²) in [5.74, 6) is 0. The van der Waals surface area contributed by atoms with Crippen LogP contribution < -0.4 is 10.0 Å². The largest absolute Gasteiger partial charge is 0.313 e. The lowest BCUT2D eigenvalue weighted by Gasteiger charge is -2.14. The second-order valence-corrected chi connectivity index (χ2v) is 7.88. The molecule has 0 radical (unpaired) electrons. The van der Waals surface area contributed by atoms with E-state index in [2.05, 4.69) is 17.0 Å². The zero-order chi connectivity index (χ0) is 14.1. The highest BCUT2D eigenvalue weighted by molar-refractivity contribution is 7.90. The molecular weight excluding hydrogens is 260 g/mol. The fraction of sp³-hybridized carbons (Fsp3) is 1.00. The molecule has 1 fully saturated rings. The van der Waals surface area contributed by atoms with Crippen molar-refractivity contribution in [1.82, 2.24) is 10.0 Å². The van der Waals surface area contributed by atoms with E-state index in [4.69, 9.17) is 0 Å². The van der Waals surface area contributed by atoms with Crippen LogP contribution in [0.3, 0.4) is 0 Å². The summed E-state index contributed by atoms with van der Waals surface area (Å²) in [5, 5.41) is 2.93. The van der Waals surface area contributed by atoms with E-state index in [0.29, 0.717) is 19.1 Å².